The molecule has 0 amide bonds. The smallest absolute Gasteiger partial charge is 0.306 e. The summed E-state index contributed by atoms with van der Waals surface area (Å²) in [5, 5.41) is 10.0. The highest BCUT2D eigenvalue weighted by Crippen LogP contribution is 2.53. The Morgan fingerprint density at radius 2 is 2.27 bits per heavy atom. The molecule has 1 saturated carbocycles. The molecule has 15 heavy (non-hydrogen) atoms. The molecule has 0 aromatic heterocycles. The number of carbonyl (C=O) groups is 1. The van der Waals surface area contributed by atoms with Gasteiger partial charge < -0.3 is 9.84 Å². The minimum Gasteiger partial charge on any atom is -0.458 e. The van der Waals surface area contributed by atoms with E-state index in [2.05, 4.69) is 22.6 Å². The largest absolute Gasteiger partial charge is 0.458 e. The van der Waals surface area contributed by atoms with E-state index in [1.54, 1.807) is 0 Å². The van der Waals surface area contributed by atoms with E-state index in [1.165, 1.54) is 0 Å². The van der Waals surface area contributed by atoms with E-state index in [1.807, 2.05) is 13.8 Å². The molecule has 1 saturated heterocycles. The van der Waals surface area contributed by atoms with Crippen LogP contribution in [0.5, 0.6) is 0 Å². The second-order valence-electron chi connectivity index (χ2n) is 5.31. The van der Waals surface area contributed by atoms with E-state index >= 15 is 0 Å². The van der Waals surface area contributed by atoms with E-state index in [-0.39, 0.29) is 29.0 Å². The Kier molecular flexibility index (Phi) is 2.78. The van der Waals surface area contributed by atoms with E-state index in [4.69, 9.17) is 4.74 Å². The summed E-state index contributed by atoms with van der Waals surface area (Å²) < 4.78 is 6.36. The van der Waals surface area contributed by atoms with Crippen LogP contribution in [0.4, 0.5) is 0 Å². The number of hydrogen-bond donors (Lipinski definition) is 1. The Balaban J connectivity index is 2.35. The van der Waals surface area contributed by atoms with Gasteiger partial charge in [-0.05, 0) is 18.3 Å². The molecule has 4 heteroatoms. The van der Waals surface area contributed by atoms with Gasteiger partial charge in [-0.2, -0.15) is 0 Å². The lowest BCUT2D eigenvalue weighted by molar-refractivity contribution is -0.156. The van der Waals surface area contributed by atoms with Gasteiger partial charge in [0.1, 0.15) is 5.60 Å². The minimum absolute atomic E-state index is 0.0983. The van der Waals surface area contributed by atoms with Crippen LogP contribution in [-0.2, 0) is 9.53 Å². The van der Waals surface area contributed by atoms with Gasteiger partial charge in [-0.1, -0.05) is 36.4 Å². The lowest BCUT2D eigenvalue weighted by Crippen LogP contribution is -2.53. The number of ether oxygens (including phenoxy) is 1. The maximum Gasteiger partial charge on any atom is 0.306 e. The zero-order valence-electron chi connectivity index (χ0n) is 9.12. The van der Waals surface area contributed by atoms with Crippen LogP contribution in [-0.4, -0.2) is 27.2 Å². The van der Waals surface area contributed by atoms with Crippen molar-refractivity contribution in [1.29, 1.82) is 0 Å². The van der Waals surface area contributed by atoms with Crippen molar-refractivity contribution < 1.29 is 14.6 Å². The van der Waals surface area contributed by atoms with Crippen molar-refractivity contribution in [2.24, 2.45) is 11.3 Å². The molecule has 1 N–H and O–H groups in total. The number of carbonyl (C=O) groups excluding carboxylic acids is 1. The summed E-state index contributed by atoms with van der Waals surface area (Å²) in [5.41, 5.74) is -0.518. The van der Waals surface area contributed by atoms with Gasteiger partial charge >= 0.3 is 5.97 Å². The molecule has 1 aliphatic carbocycles. The molecule has 86 valence electrons. The molecule has 2 aliphatic rings. The van der Waals surface area contributed by atoms with E-state index in [0.717, 1.165) is 17.3 Å². The van der Waals surface area contributed by atoms with Crippen molar-refractivity contribution in [3.05, 3.63) is 0 Å². The zero-order chi connectivity index (χ0) is 11.3. The van der Waals surface area contributed by atoms with E-state index in [9.17, 15) is 9.90 Å². The molecular formula is C11H17IO3. The summed E-state index contributed by atoms with van der Waals surface area (Å²) in [5.74, 6) is 0.0667. The molecule has 2 rings (SSSR count). The quantitative estimate of drug-likeness (QED) is 0.455. The number of aliphatic hydroxyl groups is 1. The topological polar surface area (TPSA) is 46.5 Å². The minimum atomic E-state index is -0.312. The number of alkyl halides is 1. The average molecular weight is 324 g/mol. The van der Waals surface area contributed by atoms with Gasteiger partial charge in [0.25, 0.3) is 0 Å². The Labute approximate surface area is 104 Å². The number of halogens is 1. The third-order valence-electron chi connectivity index (χ3n) is 4.15. The second kappa shape index (κ2) is 3.58. The number of aliphatic hydroxyl groups excluding tert-OH is 1. The highest BCUT2D eigenvalue weighted by molar-refractivity contribution is 14.1. The predicted octanol–water partition coefficient (Wildman–Crippen LogP) is 1.90. The van der Waals surface area contributed by atoms with Crippen LogP contribution in [0.3, 0.4) is 0 Å². The molecule has 0 aromatic rings. The molecular weight excluding hydrogens is 307 g/mol. The third-order valence-corrected chi connectivity index (χ3v) is 5.44. The molecule has 0 radical (unpaired) electrons. The van der Waals surface area contributed by atoms with Crippen molar-refractivity contribution in [3.63, 3.8) is 0 Å². The van der Waals surface area contributed by atoms with Crippen LogP contribution in [0.2, 0.25) is 0 Å². The van der Waals surface area contributed by atoms with Gasteiger partial charge in [-0.15, -0.1) is 0 Å². The summed E-state index contributed by atoms with van der Waals surface area (Å²) in [6, 6.07) is 0. The first kappa shape index (κ1) is 11.6. The summed E-state index contributed by atoms with van der Waals surface area (Å²) >= 11 is 2.29. The summed E-state index contributed by atoms with van der Waals surface area (Å²) in [7, 11) is 0. The molecule has 1 aliphatic heterocycles. The Hall–Kier alpha value is 0.160. The third kappa shape index (κ3) is 1.60. The number of hydrogen-bond acceptors (Lipinski definition) is 3. The van der Waals surface area contributed by atoms with Crippen LogP contribution in [0.15, 0.2) is 0 Å². The standard InChI is InChI=1S/C11H17IO3/c1-10(2)7-5-9(14)15-11(7,6-12)4-3-8(10)13/h7-8,13H,3-6H2,1-2H3/t7-,8-,11-/m0/s1. The maximum atomic E-state index is 11.5. The van der Waals surface area contributed by atoms with Crippen LogP contribution in [0, 0.1) is 11.3 Å². The molecule has 3 nitrogen and oxygen atoms in total. The van der Waals surface area contributed by atoms with Crippen molar-refractivity contribution in [1.82, 2.24) is 0 Å². The lowest BCUT2D eigenvalue weighted by Gasteiger charge is -2.48. The first-order valence-corrected chi connectivity index (χ1v) is 6.91. The normalized spacial score (nSPS) is 43.6. The second-order valence-corrected chi connectivity index (χ2v) is 6.07. The molecule has 0 aromatic carbocycles. The number of fused-ring (bicyclic) bond motifs is 1. The van der Waals surface area contributed by atoms with Gasteiger partial charge in [-0.3, -0.25) is 4.79 Å². The van der Waals surface area contributed by atoms with Gasteiger partial charge in [0.15, 0.2) is 0 Å². The fourth-order valence-electron chi connectivity index (χ4n) is 3.03. The first-order valence-electron chi connectivity index (χ1n) is 5.38. The van der Waals surface area contributed by atoms with Gasteiger partial charge in [0, 0.05) is 10.3 Å². The van der Waals surface area contributed by atoms with Crippen molar-refractivity contribution in [2.45, 2.75) is 44.8 Å². The Morgan fingerprint density at radius 3 is 2.87 bits per heavy atom. The monoisotopic (exact) mass is 324 g/mol. The van der Waals surface area contributed by atoms with Crippen LogP contribution in [0.25, 0.3) is 0 Å². The first-order chi connectivity index (χ1) is 6.92. The lowest BCUT2D eigenvalue weighted by atomic mass is 9.60. The van der Waals surface area contributed by atoms with Crippen molar-refractivity contribution in [3.8, 4) is 0 Å². The predicted molar refractivity (Wildman–Crippen MR) is 64.8 cm³/mol. The number of rotatable bonds is 1. The molecule has 3 atom stereocenters. The average Bonchev–Trinajstić information content (AvgIpc) is 2.52. The van der Waals surface area contributed by atoms with Gasteiger partial charge in [-0.25, -0.2) is 0 Å². The van der Waals surface area contributed by atoms with E-state index in [0.29, 0.717) is 6.42 Å². The van der Waals surface area contributed by atoms with Crippen LogP contribution in [0.1, 0.15) is 33.1 Å². The van der Waals surface area contributed by atoms with Crippen molar-refractivity contribution in [2.75, 3.05) is 4.43 Å². The summed E-state index contributed by atoms with van der Waals surface area (Å²) in [4.78, 5) is 11.5. The fraction of sp³-hybridized carbons (Fsp3) is 0.909. The van der Waals surface area contributed by atoms with Crippen LogP contribution < -0.4 is 0 Å². The van der Waals surface area contributed by atoms with Gasteiger partial charge in [0.05, 0.1) is 12.5 Å². The highest BCUT2D eigenvalue weighted by Gasteiger charge is 2.59. The number of esters is 1. The molecule has 0 bridgehead atoms. The summed E-state index contributed by atoms with van der Waals surface area (Å²) in [6.07, 6.45) is 1.69. The maximum absolute atomic E-state index is 11.5. The van der Waals surface area contributed by atoms with Crippen LogP contribution >= 0.6 is 22.6 Å². The zero-order valence-corrected chi connectivity index (χ0v) is 11.3. The highest BCUT2D eigenvalue weighted by atomic mass is 127. The summed E-state index contributed by atoms with van der Waals surface area (Å²) in [6.45, 7) is 4.09. The molecule has 0 spiro atoms. The fourth-order valence-corrected chi connectivity index (χ4v) is 4.10. The Morgan fingerprint density at radius 1 is 1.60 bits per heavy atom. The molecule has 1 heterocycles. The Bertz CT molecular complexity index is 290. The van der Waals surface area contributed by atoms with Crippen molar-refractivity contribution >= 4 is 28.6 Å². The van der Waals surface area contributed by atoms with Gasteiger partial charge in [0.2, 0.25) is 0 Å². The molecule has 0 unspecified atom stereocenters. The molecule has 2 fully saturated rings. The van der Waals surface area contributed by atoms with E-state index < -0.39 is 0 Å². The SMILES string of the molecule is CC1(C)[C@@H](O)CC[C@@]2(CI)OC(=O)C[C@@H]12.